The number of rotatable bonds is 5. The molecule has 0 atom stereocenters. The molecule has 0 saturated heterocycles. The van der Waals surface area contributed by atoms with Crippen LogP contribution in [-0.4, -0.2) is 12.1 Å². The lowest BCUT2D eigenvalue weighted by atomic mass is 9.55. The van der Waals surface area contributed by atoms with E-state index in [9.17, 15) is 0 Å². The highest BCUT2D eigenvalue weighted by Gasteiger charge is 2.53. The summed E-state index contributed by atoms with van der Waals surface area (Å²) in [5, 5.41) is 4.91. The maximum absolute atomic E-state index is 5.37. The highest BCUT2D eigenvalue weighted by atomic mass is 14.9. The molecule has 0 bridgehead atoms. The first-order chi connectivity index (χ1) is 30.0. The lowest BCUT2D eigenvalue weighted by Crippen LogP contribution is -2.40. The van der Waals surface area contributed by atoms with E-state index in [1.165, 1.54) is 71.6 Å². The van der Waals surface area contributed by atoms with E-state index in [1.54, 1.807) is 0 Å². The second-order valence-electron chi connectivity index (χ2n) is 16.8. The summed E-state index contributed by atoms with van der Waals surface area (Å²) in [6.45, 7) is 6.81. The molecular weight excluding hydrogens is 737 g/mol. The third-order valence-electron chi connectivity index (χ3n) is 13.2. The van der Waals surface area contributed by atoms with E-state index in [0.717, 1.165) is 28.0 Å². The van der Waals surface area contributed by atoms with Crippen molar-refractivity contribution in [3.05, 3.63) is 256 Å². The SMILES string of the molecule is C/C=C(/N=C(N=Cc1ccccc1)c1cccc(-c2cccc3c2-c2ccccc2C32c3ccccc3C(C)(C)c3ccccc32)c1)c1ccc2c(ccc3ccccc32)c1. The van der Waals surface area contributed by atoms with Crippen molar-refractivity contribution in [1.29, 1.82) is 0 Å². The molecule has 0 unspecified atom stereocenters. The molecule has 0 fully saturated rings. The van der Waals surface area contributed by atoms with Gasteiger partial charge in [0, 0.05) is 22.8 Å². The van der Waals surface area contributed by atoms with E-state index in [2.05, 4.69) is 209 Å². The van der Waals surface area contributed by atoms with Crippen molar-refractivity contribution in [1.82, 2.24) is 0 Å². The Hall–Kier alpha value is -7.42. The summed E-state index contributed by atoms with van der Waals surface area (Å²) < 4.78 is 0. The van der Waals surface area contributed by atoms with Gasteiger partial charge in [0.2, 0.25) is 0 Å². The summed E-state index contributed by atoms with van der Waals surface area (Å²) in [5.74, 6) is 0.652. The van der Waals surface area contributed by atoms with Gasteiger partial charge >= 0.3 is 0 Å². The van der Waals surface area contributed by atoms with Crippen LogP contribution in [0.1, 0.15) is 70.8 Å². The minimum absolute atomic E-state index is 0.148. The highest BCUT2D eigenvalue weighted by Crippen LogP contribution is 2.63. The molecule has 9 aromatic carbocycles. The van der Waals surface area contributed by atoms with Crippen molar-refractivity contribution >= 4 is 39.3 Å². The first-order valence-electron chi connectivity index (χ1n) is 21.3. The molecule has 0 amide bonds. The van der Waals surface area contributed by atoms with Crippen LogP contribution in [0, 0.1) is 0 Å². The van der Waals surface area contributed by atoms with Gasteiger partial charge in [0.15, 0.2) is 5.84 Å². The Kier molecular flexibility index (Phi) is 8.65. The van der Waals surface area contributed by atoms with E-state index >= 15 is 0 Å². The summed E-state index contributed by atoms with van der Waals surface area (Å²) in [6.07, 6.45) is 4.01. The van der Waals surface area contributed by atoms with Gasteiger partial charge < -0.3 is 0 Å². The predicted octanol–water partition coefficient (Wildman–Crippen LogP) is 14.6. The topological polar surface area (TPSA) is 24.7 Å². The van der Waals surface area contributed by atoms with Crippen LogP contribution in [0.25, 0.3) is 49.5 Å². The fraction of sp³-hybridized carbons (Fsp3) is 0.0847. The standard InChI is InChI=1S/C59H44N2/c1-4-55(43-34-35-46-42(36-43)33-32-40-20-8-9-23-45(40)46)61-57(60-38-39-18-6-5-7-19-39)44-22-16-21-41(37-44)47-25-17-31-54-56(47)48-24-10-11-26-49(48)59(54)52-29-14-12-27-50(52)58(2,3)51-28-13-15-30-53(51)59/h4-38H,1-3H3/b55-4+,60-38?,61-57?. The summed E-state index contributed by atoms with van der Waals surface area (Å²) >= 11 is 0. The van der Waals surface area contributed by atoms with Gasteiger partial charge in [-0.1, -0.05) is 208 Å². The van der Waals surface area contributed by atoms with Crippen molar-refractivity contribution in [2.45, 2.75) is 31.6 Å². The number of nitrogens with zero attached hydrogens (tertiary/aromatic N) is 2. The second kappa shape index (κ2) is 14.4. The summed E-state index contributed by atoms with van der Waals surface area (Å²) in [5.41, 5.74) is 16.3. The van der Waals surface area contributed by atoms with Gasteiger partial charge in [-0.15, -0.1) is 0 Å². The van der Waals surface area contributed by atoms with Gasteiger partial charge in [-0.05, 0) is 102 Å². The monoisotopic (exact) mass is 780 g/mol. The summed E-state index contributed by atoms with van der Waals surface area (Å²) in [4.78, 5) is 10.5. The second-order valence-corrected chi connectivity index (χ2v) is 16.8. The van der Waals surface area contributed by atoms with Crippen molar-refractivity contribution < 1.29 is 0 Å². The molecule has 61 heavy (non-hydrogen) atoms. The average molecular weight is 781 g/mol. The maximum Gasteiger partial charge on any atom is 0.159 e. The van der Waals surface area contributed by atoms with Crippen molar-refractivity contribution in [2.24, 2.45) is 9.98 Å². The molecular formula is C59H44N2. The molecule has 2 aliphatic rings. The van der Waals surface area contributed by atoms with Gasteiger partial charge in [-0.25, -0.2) is 9.98 Å². The normalized spacial score (nSPS) is 14.9. The molecule has 2 aliphatic carbocycles. The fourth-order valence-corrected chi connectivity index (χ4v) is 10.4. The minimum atomic E-state index is -0.457. The Morgan fingerprint density at radius 2 is 1.07 bits per heavy atom. The number of benzene rings is 9. The van der Waals surface area contributed by atoms with Crippen LogP contribution in [0.3, 0.4) is 0 Å². The van der Waals surface area contributed by atoms with Gasteiger partial charge in [-0.3, -0.25) is 0 Å². The number of amidine groups is 1. The van der Waals surface area contributed by atoms with E-state index in [0.29, 0.717) is 5.84 Å². The number of hydrogen-bond acceptors (Lipinski definition) is 1. The molecule has 0 saturated carbocycles. The molecule has 0 aliphatic heterocycles. The van der Waals surface area contributed by atoms with Gasteiger partial charge in [-0.2, -0.15) is 0 Å². The number of fused-ring (bicyclic) bond motifs is 12. The van der Waals surface area contributed by atoms with Gasteiger partial charge in [0.05, 0.1) is 11.1 Å². The van der Waals surface area contributed by atoms with Crippen molar-refractivity contribution in [3.63, 3.8) is 0 Å². The minimum Gasteiger partial charge on any atom is -0.236 e. The lowest BCUT2D eigenvalue weighted by molar-refractivity contribution is 0.563. The first-order valence-corrected chi connectivity index (χ1v) is 21.3. The average Bonchev–Trinajstić information content (AvgIpc) is 3.62. The quantitative estimate of drug-likeness (QED) is 0.0944. The predicted molar refractivity (Wildman–Crippen MR) is 257 cm³/mol. The molecule has 2 heteroatoms. The maximum atomic E-state index is 5.37. The first kappa shape index (κ1) is 36.6. The molecule has 0 aromatic heterocycles. The smallest absolute Gasteiger partial charge is 0.159 e. The van der Waals surface area contributed by atoms with Crippen LogP contribution in [0.2, 0.25) is 0 Å². The molecule has 290 valence electrons. The lowest BCUT2D eigenvalue weighted by Gasteiger charge is -2.46. The van der Waals surface area contributed by atoms with Gasteiger partial charge in [0.25, 0.3) is 0 Å². The summed E-state index contributed by atoms with van der Waals surface area (Å²) in [7, 11) is 0. The molecule has 0 radical (unpaired) electrons. The zero-order valence-corrected chi connectivity index (χ0v) is 34.6. The number of aliphatic imine (C=N–C) groups is 2. The Morgan fingerprint density at radius 1 is 0.459 bits per heavy atom. The Bertz CT molecular complexity index is 3240. The third-order valence-corrected chi connectivity index (χ3v) is 13.2. The van der Waals surface area contributed by atoms with Crippen LogP contribution in [0.4, 0.5) is 0 Å². The Labute approximate surface area is 358 Å². The van der Waals surface area contributed by atoms with Gasteiger partial charge in [0.1, 0.15) is 0 Å². The molecule has 11 rings (SSSR count). The zero-order valence-electron chi connectivity index (χ0n) is 34.6. The van der Waals surface area contributed by atoms with E-state index in [4.69, 9.17) is 9.98 Å². The third kappa shape index (κ3) is 5.70. The van der Waals surface area contributed by atoms with E-state index in [1.807, 2.05) is 24.4 Å². The van der Waals surface area contributed by atoms with E-state index in [-0.39, 0.29) is 5.41 Å². The van der Waals surface area contributed by atoms with Crippen molar-refractivity contribution in [3.8, 4) is 22.3 Å². The molecule has 9 aromatic rings. The van der Waals surface area contributed by atoms with E-state index < -0.39 is 5.41 Å². The van der Waals surface area contributed by atoms with Crippen LogP contribution in [-0.2, 0) is 10.8 Å². The highest BCUT2D eigenvalue weighted by molar-refractivity contribution is 6.10. The fourth-order valence-electron chi connectivity index (χ4n) is 10.4. The molecule has 0 N–H and O–H groups in total. The summed E-state index contributed by atoms with van der Waals surface area (Å²) in [6, 6.07) is 73.0. The van der Waals surface area contributed by atoms with Crippen LogP contribution >= 0.6 is 0 Å². The molecule has 1 spiro atoms. The zero-order chi connectivity index (χ0) is 41.1. The van der Waals surface area contributed by atoms with Crippen LogP contribution < -0.4 is 0 Å². The molecule has 2 nitrogen and oxygen atoms in total. The Morgan fingerprint density at radius 3 is 1.84 bits per heavy atom. The van der Waals surface area contributed by atoms with Crippen LogP contribution in [0.15, 0.2) is 216 Å². The van der Waals surface area contributed by atoms with Crippen LogP contribution in [0.5, 0.6) is 0 Å². The number of hydrogen-bond donors (Lipinski definition) is 0. The largest absolute Gasteiger partial charge is 0.236 e. The molecule has 0 heterocycles. The number of allylic oxidation sites excluding steroid dienone is 1. The van der Waals surface area contributed by atoms with Crippen molar-refractivity contribution in [2.75, 3.05) is 0 Å². The Balaban J connectivity index is 1.08.